The molecule has 238 valence electrons. The molecule has 1 aliphatic rings. The summed E-state index contributed by atoms with van der Waals surface area (Å²) < 4.78 is 0. The fourth-order valence-corrected chi connectivity index (χ4v) is 4.99. The van der Waals surface area contributed by atoms with Gasteiger partial charge < -0.3 is 31.3 Å². The Hall–Kier alpha value is -3.51. The Morgan fingerprint density at radius 2 is 1.40 bits per heavy atom. The fraction of sp³-hybridized carbons (Fsp3) is 0.759. The Kier molecular flexibility index (Phi) is 15.2. The third-order valence-corrected chi connectivity index (χ3v) is 8.23. The maximum absolute atomic E-state index is 12.8. The molecule has 42 heavy (non-hydrogen) atoms. The van der Waals surface area contributed by atoms with Crippen LogP contribution in [0.25, 0.3) is 0 Å². The lowest BCUT2D eigenvalue weighted by atomic mass is 9.75. The number of ketones is 1. The van der Waals surface area contributed by atoms with Crippen LogP contribution >= 0.6 is 0 Å². The van der Waals surface area contributed by atoms with Crippen molar-refractivity contribution in [2.24, 2.45) is 23.2 Å². The van der Waals surface area contributed by atoms with Gasteiger partial charge in [0.25, 0.3) is 0 Å². The van der Waals surface area contributed by atoms with Crippen molar-refractivity contribution < 1.29 is 48.9 Å². The normalized spacial score (nSPS) is 19.0. The Morgan fingerprint density at radius 1 is 0.810 bits per heavy atom. The zero-order valence-corrected chi connectivity index (χ0v) is 25.1. The van der Waals surface area contributed by atoms with Crippen molar-refractivity contribution in [2.75, 3.05) is 6.54 Å². The summed E-state index contributed by atoms with van der Waals surface area (Å²) in [5.41, 5.74) is -0.523. The Labute approximate surface area is 246 Å². The summed E-state index contributed by atoms with van der Waals surface area (Å²) in [7, 11) is 0. The van der Waals surface area contributed by atoms with Gasteiger partial charge in [-0.25, -0.2) is 4.79 Å². The number of hydrogen-bond donors (Lipinski definition) is 6. The van der Waals surface area contributed by atoms with Crippen LogP contribution in [-0.2, 0) is 33.6 Å². The standard InChI is InChI=1S/C29H47N3O10/c1-5-22(33)20(11-13-25(36)37)31-23(34)12-10-21(28(41)42)32-27(40)19-8-6-18(7-9-19)16-30-24(35)14-17(2)29(3,4)15-26(38)39/h17-21H,5-16H2,1-4H3,(H,30,35)(H,31,34)(H,32,40)(H,36,37)(H,38,39)(H,41,42). The number of rotatable bonds is 19. The van der Waals surface area contributed by atoms with Gasteiger partial charge in [0.05, 0.1) is 12.5 Å². The van der Waals surface area contributed by atoms with Crippen LogP contribution in [0.4, 0.5) is 0 Å². The van der Waals surface area contributed by atoms with E-state index < -0.39 is 53.1 Å². The lowest BCUT2D eigenvalue weighted by molar-refractivity contribution is -0.143. The molecule has 1 fully saturated rings. The average molecular weight is 598 g/mol. The second kappa shape index (κ2) is 17.4. The van der Waals surface area contributed by atoms with Gasteiger partial charge in [0.15, 0.2) is 5.78 Å². The molecule has 1 aliphatic carbocycles. The molecule has 1 rings (SSSR count). The van der Waals surface area contributed by atoms with Crippen molar-refractivity contribution in [3.63, 3.8) is 0 Å². The SMILES string of the molecule is CCC(=O)C(CCC(=O)O)NC(=O)CCC(NC(=O)C1CCC(CNC(=O)CC(C)C(C)(C)CC(=O)O)CC1)C(=O)O. The van der Waals surface area contributed by atoms with Gasteiger partial charge in [-0.3, -0.25) is 28.8 Å². The first-order valence-electron chi connectivity index (χ1n) is 14.6. The van der Waals surface area contributed by atoms with Crippen LogP contribution in [0.1, 0.15) is 98.3 Å². The van der Waals surface area contributed by atoms with E-state index in [2.05, 4.69) is 16.0 Å². The molecule has 3 atom stereocenters. The lowest BCUT2D eigenvalue weighted by Crippen LogP contribution is -2.46. The molecule has 1 saturated carbocycles. The first-order chi connectivity index (χ1) is 19.5. The van der Waals surface area contributed by atoms with Crippen LogP contribution in [-0.4, -0.2) is 75.4 Å². The zero-order chi connectivity index (χ0) is 32.0. The zero-order valence-electron chi connectivity index (χ0n) is 25.1. The van der Waals surface area contributed by atoms with Crippen LogP contribution in [0.3, 0.4) is 0 Å². The van der Waals surface area contributed by atoms with Crippen molar-refractivity contribution in [3.05, 3.63) is 0 Å². The number of carboxylic acid groups (broad SMARTS) is 3. The largest absolute Gasteiger partial charge is 0.481 e. The van der Waals surface area contributed by atoms with Gasteiger partial charge in [0, 0.05) is 38.1 Å². The van der Waals surface area contributed by atoms with Gasteiger partial charge in [-0.1, -0.05) is 27.7 Å². The molecule has 13 nitrogen and oxygen atoms in total. The van der Waals surface area contributed by atoms with Gasteiger partial charge in [0.2, 0.25) is 17.7 Å². The van der Waals surface area contributed by atoms with E-state index in [1.165, 1.54) is 0 Å². The Bertz CT molecular complexity index is 988. The van der Waals surface area contributed by atoms with Gasteiger partial charge in [0.1, 0.15) is 6.04 Å². The Balaban J connectivity index is 2.50. The molecule has 0 radical (unpaired) electrons. The summed E-state index contributed by atoms with van der Waals surface area (Å²) >= 11 is 0. The fourth-order valence-electron chi connectivity index (χ4n) is 4.99. The van der Waals surface area contributed by atoms with E-state index in [0.717, 1.165) is 0 Å². The maximum Gasteiger partial charge on any atom is 0.326 e. The number of aliphatic carboxylic acids is 3. The van der Waals surface area contributed by atoms with E-state index >= 15 is 0 Å². The highest BCUT2D eigenvalue weighted by Gasteiger charge is 2.32. The molecule has 6 N–H and O–H groups in total. The molecule has 0 spiro atoms. The first kappa shape index (κ1) is 36.5. The summed E-state index contributed by atoms with van der Waals surface area (Å²) in [4.78, 5) is 83.2. The molecule has 3 amide bonds. The molecule has 0 bridgehead atoms. The molecular weight excluding hydrogens is 550 g/mol. The molecule has 0 aromatic heterocycles. The van der Waals surface area contributed by atoms with E-state index in [4.69, 9.17) is 10.2 Å². The summed E-state index contributed by atoms with van der Waals surface area (Å²) in [6.07, 6.45) is 1.84. The maximum atomic E-state index is 12.8. The monoisotopic (exact) mass is 597 g/mol. The molecule has 0 heterocycles. The lowest BCUT2D eigenvalue weighted by Gasteiger charge is -2.31. The Morgan fingerprint density at radius 3 is 1.93 bits per heavy atom. The number of Topliss-reactive ketones (excluding diaryl/α,β-unsaturated/α-hetero) is 1. The highest BCUT2D eigenvalue weighted by Crippen LogP contribution is 2.33. The van der Waals surface area contributed by atoms with Crippen LogP contribution in [0.5, 0.6) is 0 Å². The van der Waals surface area contributed by atoms with Gasteiger partial charge in [-0.05, 0) is 55.8 Å². The van der Waals surface area contributed by atoms with Crippen molar-refractivity contribution in [1.29, 1.82) is 0 Å². The molecule has 0 aromatic rings. The second-order valence-electron chi connectivity index (χ2n) is 12.0. The van der Waals surface area contributed by atoms with Gasteiger partial charge in [-0.2, -0.15) is 0 Å². The van der Waals surface area contributed by atoms with E-state index in [0.29, 0.717) is 32.2 Å². The first-order valence-corrected chi connectivity index (χ1v) is 14.6. The summed E-state index contributed by atoms with van der Waals surface area (Å²) in [5.74, 6) is -5.15. The van der Waals surface area contributed by atoms with Gasteiger partial charge in [-0.15, -0.1) is 0 Å². The predicted octanol–water partition coefficient (Wildman–Crippen LogP) is 2.11. The van der Waals surface area contributed by atoms with Crippen molar-refractivity contribution in [2.45, 2.75) is 110 Å². The summed E-state index contributed by atoms with van der Waals surface area (Å²) in [6.45, 7) is 7.54. The number of hydrogen-bond acceptors (Lipinski definition) is 7. The number of carbonyl (C=O) groups excluding carboxylic acids is 4. The number of nitrogens with one attached hydrogen (secondary N) is 3. The summed E-state index contributed by atoms with van der Waals surface area (Å²) in [6, 6.07) is -2.27. The van der Waals surface area contributed by atoms with Crippen molar-refractivity contribution in [1.82, 2.24) is 16.0 Å². The molecule has 0 aromatic carbocycles. The second-order valence-corrected chi connectivity index (χ2v) is 12.0. The number of amides is 3. The predicted molar refractivity (Wildman–Crippen MR) is 151 cm³/mol. The number of carbonyl (C=O) groups is 7. The highest BCUT2D eigenvalue weighted by molar-refractivity contribution is 5.90. The minimum atomic E-state index is -1.30. The van der Waals surface area contributed by atoms with Gasteiger partial charge >= 0.3 is 17.9 Å². The van der Waals surface area contributed by atoms with E-state index in [1.807, 2.05) is 20.8 Å². The minimum absolute atomic E-state index is 0.0293. The molecule has 0 aliphatic heterocycles. The summed E-state index contributed by atoms with van der Waals surface area (Å²) in [5, 5.41) is 35.4. The smallest absolute Gasteiger partial charge is 0.326 e. The van der Waals surface area contributed by atoms with Crippen molar-refractivity contribution in [3.8, 4) is 0 Å². The van der Waals surface area contributed by atoms with E-state index in [-0.39, 0.29) is 68.5 Å². The van der Waals surface area contributed by atoms with E-state index in [9.17, 15) is 38.7 Å². The quantitative estimate of drug-likeness (QED) is 0.127. The topological polar surface area (TPSA) is 216 Å². The molecule has 3 unspecified atom stereocenters. The average Bonchev–Trinajstić information content (AvgIpc) is 2.90. The third-order valence-electron chi connectivity index (χ3n) is 8.23. The van der Waals surface area contributed by atoms with E-state index in [1.54, 1.807) is 6.92 Å². The van der Waals surface area contributed by atoms with Crippen LogP contribution < -0.4 is 16.0 Å². The van der Waals surface area contributed by atoms with Crippen LogP contribution in [0.2, 0.25) is 0 Å². The van der Waals surface area contributed by atoms with Crippen molar-refractivity contribution >= 4 is 41.4 Å². The molecule has 0 saturated heterocycles. The minimum Gasteiger partial charge on any atom is -0.481 e. The van der Waals surface area contributed by atoms with Crippen LogP contribution in [0, 0.1) is 23.2 Å². The molecule has 13 heteroatoms. The van der Waals surface area contributed by atoms with Crippen LogP contribution in [0.15, 0.2) is 0 Å². The highest BCUT2D eigenvalue weighted by atomic mass is 16.4. The number of carboxylic acids is 3. The molecular formula is C29H47N3O10. The third kappa shape index (κ3) is 13.4.